The number of anilines is 1. The number of hydrogen-bond acceptors (Lipinski definition) is 6. The monoisotopic (exact) mass is 384 g/mol. The molecule has 1 aliphatic rings. The van der Waals surface area contributed by atoms with Crippen LogP contribution in [-0.2, 0) is 14.3 Å². The zero-order chi connectivity index (χ0) is 19.9. The standard InChI is InChI=1S/C21H24N2O5/c1-27-18-10-6-5-9-17(18)22-11-13-23(14-12-22)19(24)15-28-21(26)20(25)16-7-3-2-4-8-16/h2-10,20,25H,11-15H2,1H3/t20-/m1/s1. The smallest absolute Gasteiger partial charge is 0.340 e. The lowest BCUT2D eigenvalue weighted by molar-refractivity contribution is -0.159. The van der Waals surface area contributed by atoms with Crippen LogP contribution in [0.3, 0.4) is 0 Å². The summed E-state index contributed by atoms with van der Waals surface area (Å²) < 4.78 is 10.4. The van der Waals surface area contributed by atoms with Gasteiger partial charge in [0.05, 0.1) is 12.8 Å². The van der Waals surface area contributed by atoms with E-state index in [0.717, 1.165) is 11.4 Å². The van der Waals surface area contributed by atoms with Gasteiger partial charge in [-0.05, 0) is 17.7 Å². The lowest BCUT2D eigenvalue weighted by Gasteiger charge is -2.36. The lowest BCUT2D eigenvalue weighted by atomic mass is 10.1. The van der Waals surface area contributed by atoms with Gasteiger partial charge in [0.25, 0.3) is 5.91 Å². The zero-order valence-corrected chi connectivity index (χ0v) is 15.8. The van der Waals surface area contributed by atoms with Gasteiger partial charge in [-0.3, -0.25) is 4.79 Å². The Kier molecular flexibility index (Phi) is 6.49. The summed E-state index contributed by atoms with van der Waals surface area (Å²) in [5, 5.41) is 10.0. The summed E-state index contributed by atoms with van der Waals surface area (Å²) in [7, 11) is 1.64. The van der Waals surface area contributed by atoms with Crippen LogP contribution in [0.2, 0.25) is 0 Å². The Morgan fingerprint density at radius 3 is 2.32 bits per heavy atom. The quantitative estimate of drug-likeness (QED) is 0.763. The van der Waals surface area contributed by atoms with Crippen molar-refractivity contribution < 1.29 is 24.2 Å². The first kappa shape index (κ1) is 19.7. The number of ether oxygens (including phenoxy) is 2. The van der Waals surface area contributed by atoms with Gasteiger partial charge in [0.1, 0.15) is 5.75 Å². The van der Waals surface area contributed by atoms with E-state index in [0.29, 0.717) is 31.7 Å². The number of hydrogen-bond donors (Lipinski definition) is 1. The number of piperazine rings is 1. The van der Waals surface area contributed by atoms with Crippen molar-refractivity contribution in [2.45, 2.75) is 6.10 Å². The van der Waals surface area contributed by atoms with Gasteiger partial charge in [-0.25, -0.2) is 4.79 Å². The average Bonchev–Trinajstić information content (AvgIpc) is 2.77. The highest BCUT2D eigenvalue weighted by atomic mass is 16.5. The number of benzene rings is 2. The van der Waals surface area contributed by atoms with Crippen LogP contribution in [0.25, 0.3) is 0 Å². The predicted octanol–water partition coefficient (Wildman–Crippen LogP) is 1.62. The van der Waals surface area contributed by atoms with Gasteiger partial charge in [-0.2, -0.15) is 0 Å². The van der Waals surface area contributed by atoms with E-state index in [9.17, 15) is 14.7 Å². The molecular formula is C21H24N2O5. The van der Waals surface area contributed by atoms with E-state index in [-0.39, 0.29) is 12.5 Å². The van der Waals surface area contributed by atoms with Crippen LogP contribution in [0.4, 0.5) is 5.69 Å². The van der Waals surface area contributed by atoms with Crippen molar-refractivity contribution in [1.82, 2.24) is 4.90 Å². The molecule has 1 amide bonds. The number of aliphatic hydroxyl groups is 1. The van der Waals surface area contributed by atoms with Crippen LogP contribution in [0, 0.1) is 0 Å². The molecule has 0 aliphatic carbocycles. The Hall–Kier alpha value is -3.06. The van der Waals surface area contributed by atoms with Crippen molar-refractivity contribution in [2.24, 2.45) is 0 Å². The molecule has 0 spiro atoms. The van der Waals surface area contributed by atoms with Crippen molar-refractivity contribution in [3.63, 3.8) is 0 Å². The van der Waals surface area contributed by atoms with Crippen LogP contribution in [0.15, 0.2) is 54.6 Å². The van der Waals surface area contributed by atoms with Crippen LogP contribution in [0.5, 0.6) is 5.75 Å². The van der Waals surface area contributed by atoms with Crippen LogP contribution >= 0.6 is 0 Å². The minimum atomic E-state index is -1.39. The first-order valence-corrected chi connectivity index (χ1v) is 9.15. The van der Waals surface area contributed by atoms with Gasteiger partial charge >= 0.3 is 5.97 Å². The molecule has 2 aromatic rings. The molecule has 2 aromatic carbocycles. The number of esters is 1. The summed E-state index contributed by atoms with van der Waals surface area (Å²) >= 11 is 0. The fourth-order valence-electron chi connectivity index (χ4n) is 3.16. The molecule has 148 valence electrons. The highest BCUT2D eigenvalue weighted by Gasteiger charge is 2.25. The maximum Gasteiger partial charge on any atom is 0.340 e. The highest BCUT2D eigenvalue weighted by Crippen LogP contribution is 2.28. The molecule has 7 nitrogen and oxygen atoms in total. The molecule has 1 fully saturated rings. The zero-order valence-electron chi connectivity index (χ0n) is 15.8. The third-order valence-electron chi connectivity index (χ3n) is 4.73. The Labute approximate surface area is 164 Å². The van der Waals surface area contributed by atoms with Crippen molar-refractivity contribution in [3.05, 3.63) is 60.2 Å². The predicted molar refractivity (Wildman–Crippen MR) is 104 cm³/mol. The van der Waals surface area contributed by atoms with E-state index in [2.05, 4.69) is 4.90 Å². The summed E-state index contributed by atoms with van der Waals surface area (Å²) in [6, 6.07) is 16.3. The number of carbonyl (C=O) groups excluding carboxylic acids is 2. The van der Waals surface area contributed by atoms with Gasteiger partial charge in [-0.1, -0.05) is 42.5 Å². The van der Waals surface area contributed by atoms with E-state index in [4.69, 9.17) is 9.47 Å². The van der Waals surface area contributed by atoms with Gasteiger partial charge in [0, 0.05) is 26.2 Å². The van der Waals surface area contributed by atoms with Gasteiger partial charge in [0.2, 0.25) is 0 Å². The largest absolute Gasteiger partial charge is 0.495 e. The number of aliphatic hydroxyl groups excluding tert-OH is 1. The Morgan fingerprint density at radius 2 is 1.64 bits per heavy atom. The number of para-hydroxylation sites is 2. The fourth-order valence-corrected chi connectivity index (χ4v) is 3.16. The van der Waals surface area contributed by atoms with E-state index < -0.39 is 12.1 Å². The van der Waals surface area contributed by atoms with Crippen LogP contribution < -0.4 is 9.64 Å². The topological polar surface area (TPSA) is 79.3 Å². The summed E-state index contributed by atoms with van der Waals surface area (Å²) in [5.41, 5.74) is 1.43. The number of amides is 1. The second-order valence-electron chi connectivity index (χ2n) is 6.46. The van der Waals surface area contributed by atoms with Crippen LogP contribution in [0.1, 0.15) is 11.7 Å². The maximum atomic E-state index is 12.4. The summed E-state index contributed by atoms with van der Waals surface area (Å²) in [5.74, 6) is -0.299. The molecule has 0 saturated carbocycles. The third-order valence-corrected chi connectivity index (χ3v) is 4.73. The van der Waals surface area contributed by atoms with Crippen molar-refractivity contribution in [1.29, 1.82) is 0 Å². The molecule has 28 heavy (non-hydrogen) atoms. The molecule has 0 unspecified atom stereocenters. The maximum absolute atomic E-state index is 12.4. The molecular weight excluding hydrogens is 360 g/mol. The molecule has 1 N–H and O–H groups in total. The number of nitrogens with zero attached hydrogens (tertiary/aromatic N) is 2. The Bertz CT molecular complexity index is 803. The van der Waals surface area contributed by atoms with E-state index in [1.54, 1.807) is 42.3 Å². The molecule has 1 aliphatic heterocycles. The second-order valence-corrected chi connectivity index (χ2v) is 6.46. The number of methoxy groups -OCH3 is 1. The van der Waals surface area contributed by atoms with Gasteiger partial charge in [-0.15, -0.1) is 0 Å². The molecule has 1 saturated heterocycles. The molecule has 7 heteroatoms. The van der Waals surface area contributed by atoms with Crippen molar-refractivity contribution in [2.75, 3.05) is 44.8 Å². The van der Waals surface area contributed by atoms with Crippen molar-refractivity contribution >= 4 is 17.6 Å². The Balaban J connectivity index is 1.48. The molecule has 0 bridgehead atoms. The molecule has 3 rings (SSSR count). The average molecular weight is 384 g/mol. The minimum absolute atomic E-state index is 0.270. The highest BCUT2D eigenvalue weighted by molar-refractivity contribution is 5.82. The molecule has 0 radical (unpaired) electrons. The fraction of sp³-hybridized carbons (Fsp3) is 0.333. The second kappa shape index (κ2) is 9.23. The summed E-state index contributed by atoms with van der Waals surface area (Å²) in [6.07, 6.45) is -1.39. The normalized spacial score (nSPS) is 15.1. The van der Waals surface area contributed by atoms with Gasteiger partial charge in [0.15, 0.2) is 12.7 Å². The van der Waals surface area contributed by atoms with Crippen molar-refractivity contribution in [3.8, 4) is 5.75 Å². The van der Waals surface area contributed by atoms with Crippen LogP contribution in [-0.4, -0.2) is 61.8 Å². The molecule has 1 atom stereocenters. The summed E-state index contributed by atoms with van der Waals surface area (Å²) in [4.78, 5) is 28.1. The first-order chi connectivity index (χ1) is 13.6. The number of carbonyl (C=O) groups is 2. The van der Waals surface area contributed by atoms with Gasteiger partial charge < -0.3 is 24.4 Å². The third kappa shape index (κ3) is 4.61. The van der Waals surface area contributed by atoms with E-state index in [1.165, 1.54) is 0 Å². The SMILES string of the molecule is COc1ccccc1N1CCN(C(=O)COC(=O)[C@H](O)c2ccccc2)CC1. The molecule has 1 heterocycles. The number of rotatable bonds is 6. The Morgan fingerprint density at radius 1 is 1.00 bits per heavy atom. The minimum Gasteiger partial charge on any atom is -0.495 e. The lowest BCUT2D eigenvalue weighted by Crippen LogP contribution is -2.50. The van der Waals surface area contributed by atoms with E-state index in [1.807, 2.05) is 24.3 Å². The summed E-state index contributed by atoms with van der Waals surface area (Å²) in [6.45, 7) is 1.99. The first-order valence-electron chi connectivity index (χ1n) is 9.15. The van der Waals surface area contributed by atoms with E-state index >= 15 is 0 Å². The molecule has 0 aromatic heterocycles.